The molecule has 1 aliphatic carbocycles. The maximum atomic E-state index is 6.56. The zero-order chi connectivity index (χ0) is 15.2. The molecule has 0 aromatic carbocycles. The molecule has 4 heteroatoms. The summed E-state index contributed by atoms with van der Waals surface area (Å²) in [6.45, 7) is 8.38. The van der Waals surface area contributed by atoms with Gasteiger partial charge in [0, 0.05) is 19.0 Å². The fourth-order valence-electron chi connectivity index (χ4n) is 3.62. The average molecular weight is 312 g/mol. The molecule has 21 heavy (non-hydrogen) atoms. The largest absolute Gasteiger partial charge is 0.314 e. The Labute approximate surface area is 134 Å². The van der Waals surface area contributed by atoms with Gasteiger partial charge >= 0.3 is 0 Å². The van der Waals surface area contributed by atoms with Crippen molar-refractivity contribution in [2.24, 2.45) is 5.92 Å². The smallest absolute Gasteiger partial charge is 0.0850 e. The molecule has 1 N–H and O–H groups in total. The third kappa shape index (κ3) is 4.23. The van der Waals surface area contributed by atoms with E-state index in [0.29, 0.717) is 6.04 Å². The van der Waals surface area contributed by atoms with Crippen LogP contribution in [0.1, 0.15) is 64.3 Å². The molecule has 1 heterocycles. The Kier molecular flexibility index (Phi) is 6.56. The van der Waals surface area contributed by atoms with Gasteiger partial charge in [0.05, 0.1) is 16.4 Å². The molecule has 1 aromatic heterocycles. The van der Waals surface area contributed by atoms with E-state index in [2.05, 4.69) is 35.9 Å². The van der Waals surface area contributed by atoms with Crippen molar-refractivity contribution < 1.29 is 0 Å². The molecule has 0 bridgehead atoms. The van der Waals surface area contributed by atoms with Crippen molar-refractivity contribution in [1.29, 1.82) is 0 Å². The van der Waals surface area contributed by atoms with E-state index in [1.54, 1.807) is 0 Å². The van der Waals surface area contributed by atoms with Gasteiger partial charge in [-0.2, -0.15) is 5.10 Å². The van der Waals surface area contributed by atoms with Crippen molar-refractivity contribution in [2.75, 3.05) is 6.54 Å². The molecule has 1 atom stereocenters. The molecule has 1 aromatic rings. The first kappa shape index (κ1) is 16.8. The third-order valence-corrected chi connectivity index (χ3v) is 5.16. The third-order valence-electron chi connectivity index (χ3n) is 4.72. The lowest BCUT2D eigenvalue weighted by molar-refractivity contribution is 0.383. The predicted molar refractivity (Wildman–Crippen MR) is 90.0 cm³/mol. The van der Waals surface area contributed by atoms with Crippen LogP contribution >= 0.6 is 11.6 Å². The maximum absolute atomic E-state index is 6.56. The summed E-state index contributed by atoms with van der Waals surface area (Å²) in [7, 11) is 0. The topological polar surface area (TPSA) is 29.9 Å². The molecule has 3 nitrogen and oxygen atoms in total. The van der Waals surface area contributed by atoms with Crippen LogP contribution in [0.15, 0.2) is 0 Å². The van der Waals surface area contributed by atoms with Gasteiger partial charge in [-0.25, -0.2) is 0 Å². The summed E-state index contributed by atoms with van der Waals surface area (Å²) in [5.41, 5.74) is 2.27. The van der Waals surface area contributed by atoms with Crippen LogP contribution in [0.2, 0.25) is 5.02 Å². The van der Waals surface area contributed by atoms with Gasteiger partial charge in [0.15, 0.2) is 0 Å². The van der Waals surface area contributed by atoms with Gasteiger partial charge in [0.2, 0.25) is 0 Å². The number of halogens is 1. The average Bonchev–Trinajstić information content (AvgIpc) is 3.08. The number of rotatable bonds is 8. The quantitative estimate of drug-likeness (QED) is 0.779. The zero-order valence-electron chi connectivity index (χ0n) is 13.8. The highest BCUT2D eigenvalue weighted by Crippen LogP contribution is 2.30. The molecular weight excluding hydrogens is 282 g/mol. The number of aromatic nitrogens is 2. The number of nitrogens with one attached hydrogen (secondary N) is 1. The van der Waals surface area contributed by atoms with Crippen LogP contribution in [-0.4, -0.2) is 22.4 Å². The highest BCUT2D eigenvalue weighted by molar-refractivity contribution is 6.31. The second-order valence-electron chi connectivity index (χ2n) is 6.22. The molecular formula is C17H30ClN3. The molecule has 1 fully saturated rings. The van der Waals surface area contributed by atoms with Gasteiger partial charge in [-0.1, -0.05) is 51.1 Å². The number of aryl methyl sites for hydroxylation is 2. The Morgan fingerprint density at radius 2 is 2.00 bits per heavy atom. The summed E-state index contributed by atoms with van der Waals surface area (Å²) >= 11 is 6.56. The van der Waals surface area contributed by atoms with E-state index in [0.717, 1.165) is 42.6 Å². The summed E-state index contributed by atoms with van der Waals surface area (Å²) in [5, 5.41) is 9.21. The second kappa shape index (κ2) is 8.19. The maximum Gasteiger partial charge on any atom is 0.0850 e. The zero-order valence-corrected chi connectivity index (χ0v) is 14.5. The molecule has 120 valence electrons. The Bertz CT molecular complexity index is 435. The highest BCUT2D eigenvalue weighted by Gasteiger charge is 2.23. The van der Waals surface area contributed by atoms with E-state index in [9.17, 15) is 0 Å². The summed E-state index contributed by atoms with van der Waals surface area (Å²) in [4.78, 5) is 0. The van der Waals surface area contributed by atoms with Crippen molar-refractivity contribution in [1.82, 2.24) is 15.1 Å². The Morgan fingerprint density at radius 1 is 1.29 bits per heavy atom. The first-order valence-corrected chi connectivity index (χ1v) is 9.04. The number of nitrogens with zero attached hydrogens (tertiary/aromatic N) is 2. The predicted octanol–water partition coefficient (Wildman–Crippen LogP) is 4.22. The summed E-state index contributed by atoms with van der Waals surface area (Å²) in [6, 6.07) is 0.530. The molecule has 0 amide bonds. The van der Waals surface area contributed by atoms with Gasteiger partial charge in [-0.15, -0.1) is 0 Å². The standard InChI is InChI=1S/C17H30ClN3/c1-4-15-17(18)16(21(6-3)20-15)12-14(19-5-2)11-13-9-7-8-10-13/h13-14,19H,4-12H2,1-3H3. The van der Waals surface area contributed by atoms with Crippen LogP contribution < -0.4 is 5.32 Å². The van der Waals surface area contributed by atoms with Crippen LogP contribution in [0.4, 0.5) is 0 Å². The Hall–Kier alpha value is -0.540. The molecule has 1 saturated carbocycles. The van der Waals surface area contributed by atoms with E-state index in [1.807, 2.05) is 0 Å². The van der Waals surface area contributed by atoms with Crippen LogP contribution in [-0.2, 0) is 19.4 Å². The fraction of sp³-hybridized carbons (Fsp3) is 0.824. The minimum atomic E-state index is 0.530. The molecule has 0 radical (unpaired) electrons. The lowest BCUT2D eigenvalue weighted by Crippen LogP contribution is -2.33. The molecule has 0 aliphatic heterocycles. The minimum Gasteiger partial charge on any atom is -0.314 e. The van der Waals surface area contributed by atoms with Crippen LogP contribution in [0, 0.1) is 5.92 Å². The normalized spacial score (nSPS) is 17.5. The van der Waals surface area contributed by atoms with Gasteiger partial charge in [0.1, 0.15) is 0 Å². The van der Waals surface area contributed by atoms with E-state index < -0.39 is 0 Å². The van der Waals surface area contributed by atoms with Crippen LogP contribution in [0.5, 0.6) is 0 Å². The van der Waals surface area contributed by atoms with E-state index in [4.69, 9.17) is 11.6 Å². The van der Waals surface area contributed by atoms with Gasteiger partial charge in [-0.3, -0.25) is 4.68 Å². The summed E-state index contributed by atoms with van der Waals surface area (Å²) in [6.07, 6.45) is 8.83. The van der Waals surface area contributed by atoms with E-state index in [-0.39, 0.29) is 0 Å². The van der Waals surface area contributed by atoms with Crippen molar-refractivity contribution in [2.45, 2.75) is 78.3 Å². The van der Waals surface area contributed by atoms with Crippen molar-refractivity contribution in [3.05, 3.63) is 16.4 Å². The van der Waals surface area contributed by atoms with Crippen molar-refractivity contribution >= 4 is 11.6 Å². The summed E-state index contributed by atoms with van der Waals surface area (Å²) in [5.74, 6) is 0.900. The van der Waals surface area contributed by atoms with Crippen LogP contribution in [0.3, 0.4) is 0 Å². The van der Waals surface area contributed by atoms with Crippen LogP contribution in [0.25, 0.3) is 0 Å². The molecule has 2 rings (SSSR count). The van der Waals surface area contributed by atoms with E-state index in [1.165, 1.54) is 37.8 Å². The van der Waals surface area contributed by atoms with Gasteiger partial charge < -0.3 is 5.32 Å². The molecule has 0 spiro atoms. The fourth-order valence-corrected chi connectivity index (χ4v) is 3.97. The van der Waals surface area contributed by atoms with Crippen molar-refractivity contribution in [3.63, 3.8) is 0 Å². The molecule has 1 aliphatic rings. The minimum absolute atomic E-state index is 0.530. The SMILES string of the molecule is CCNC(Cc1c(Cl)c(CC)nn1CC)CC1CCCC1. The number of likely N-dealkylation sites (N-methyl/N-ethyl adjacent to an activating group) is 1. The first-order valence-electron chi connectivity index (χ1n) is 8.66. The monoisotopic (exact) mass is 311 g/mol. The van der Waals surface area contributed by atoms with Gasteiger partial charge in [0.25, 0.3) is 0 Å². The first-order chi connectivity index (χ1) is 10.2. The second-order valence-corrected chi connectivity index (χ2v) is 6.60. The highest BCUT2D eigenvalue weighted by atomic mass is 35.5. The Balaban J connectivity index is 2.09. The lowest BCUT2D eigenvalue weighted by atomic mass is 9.95. The van der Waals surface area contributed by atoms with E-state index >= 15 is 0 Å². The summed E-state index contributed by atoms with van der Waals surface area (Å²) < 4.78 is 2.10. The van der Waals surface area contributed by atoms with Crippen molar-refractivity contribution in [3.8, 4) is 0 Å². The Morgan fingerprint density at radius 3 is 2.57 bits per heavy atom. The molecule has 0 saturated heterocycles. The number of hydrogen-bond acceptors (Lipinski definition) is 2. The number of hydrogen-bond donors (Lipinski definition) is 1. The van der Waals surface area contributed by atoms with Gasteiger partial charge in [-0.05, 0) is 32.2 Å². The molecule has 1 unspecified atom stereocenters. The lowest BCUT2D eigenvalue weighted by Gasteiger charge is -2.22.